The van der Waals surface area contributed by atoms with Gasteiger partial charge in [-0.2, -0.15) is 5.26 Å². The van der Waals surface area contributed by atoms with Gasteiger partial charge in [0.25, 0.3) is 0 Å². The first-order valence-corrected chi connectivity index (χ1v) is 6.42. The Morgan fingerprint density at radius 2 is 1.89 bits per heavy atom. The Hall–Kier alpha value is -1.69. The fourth-order valence-corrected chi connectivity index (χ4v) is 1.76. The van der Waals surface area contributed by atoms with Gasteiger partial charge in [-0.3, -0.25) is 0 Å². The smallest absolute Gasteiger partial charge is 0.119 e. The molecule has 0 heterocycles. The minimum Gasteiger partial charge on any atom is -0.494 e. The number of ether oxygens (including phenoxy) is 1. The van der Waals surface area contributed by atoms with E-state index in [0.717, 1.165) is 18.0 Å². The summed E-state index contributed by atoms with van der Waals surface area (Å²) in [6.45, 7) is 7.57. The highest BCUT2D eigenvalue weighted by Crippen LogP contribution is 2.20. The van der Waals surface area contributed by atoms with Crippen molar-refractivity contribution in [1.82, 2.24) is 0 Å². The van der Waals surface area contributed by atoms with E-state index in [2.05, 4.69) is 24.8 Å². The summed E-state index contributed by atoms with van der Waals surface area (Å²) in [5, 5.41) is 9.11. The number of nitriles is 1. The fraction of sp³-hybridized carbons (Fsp3) is 0.533. The normalized spacial score (nSPS) is 12.0. The average molecular weight is 246 g/mol. The van der Waals surface area contributed by atoms with E-state index in [9.17, 15) is 0 Å². The summed E-state index contributed by atoms with van der Waals surface area (Å²) in [6.07, 6.45) is 0. The first-order chi connectivity index (χ1) is 8.58. The van der Waals surface area contributed by atoms with Crippen LogP contribution in [0.5, 0.6) is 5.75 Å². The molecule has 3 heteroatoms. The zero-order valence-electron chi connectivity index (χ0n) is 11.7. The van der Waals surface area contributed by atoms with E-state index >= 15 is 0 Å². The van der Waals surface area contributed by atoms with Crippen molar-refractivity contribution >= 4 is 5.69 Å². The predicted molar refractivity (Wildman–Crippen MR) is 74.8 cm³/mol. The molecular weight excluding hydrogens is 224 g/mol. The first-order valence-electron chi connectivity index (χ1n) is 6.42. The molecule has 0 bridgehead atoms. The SMILES string of the molecule is CCOc1ccc(N(C)CC(C#N)C(C)C)cc1. The van der Waals surface area contributed by atoms with E-state index in [0.29, 0.717) is 12.5 Å². The van der Waals surface area contributed by atoms with Crippen LogP contribution in [0, 0.1) is 23.2 Å². The molecule has 0 aliphatic carbocycles. The van der Waals surface area contributed by atoms with Gasteiger partial charge in [0.15, 0.2) is 0 Å². The fourth-order valence-electron chi connectivity index (χ4n) is 1.76. The van der Waals surface area contributed by atoms with Crippen molar-refractivity contribution in [2.45, 2.75) is 20.8 Å². The van der Waals surface area contributed by atoms with Crippen LogP contribution in [0.1, 0.15) is 20.8 Å². The molecule has 0 amide bonds. The van der Waals surface area contributed by atoms with E-state index in [4.69, 9.17) is 10.00 Å². The molecule has 0 aliphatic rings. The molecule has 98 valence electrons. The highest BCUT2D eigenvalue weighted by Gasteiger charge is 2.15. The summed E-state index contributed by atoms with van der Waals surface area (Å²) in [4.78, 5) is 2.11. The molecule has 1 unspecified atom stereocenters. The Bertz CT molecular complexity index is 392. The third kappa shape index (κ3) is 3.96. The summed E-state index contributed by atoms with van der Waals surface area (Å²) >= 11 is 0. The summed E-state index contributed by atoms with van der Waals surface area (Å²) in [5.74, 6) is 1.32. The molecular formula is C15H22N2O. The molecule has 0 N–H and O–H groups in total. The molecule has 0 fully saturated rings. The van der Waals surface area contributed by atoms with Crippen LogP contribution in [0.3, 0.4) is 0 Å². The van der Waals surface area contributed by atoms with Gasteiger partial charge in [-0.15, -0.1) is 0 Å². The van der Waals surface area contributed by atoms with Crippen LogP contribution >= 0.6 is 0 Å². The number of nitrogens with zero attached hydrogens (tertiary/aromatic N) is 2. The molecule has 0 spiro atoms. The summed E-state index contributed by atoms with van der Waals surface area (Å²) in [5.41, 5.74) is 1.11. The standard InChI is InChI=1S/C15H22N2O/c1-5-18-15-8-6-14(7-9-15)17(4)11-13(10-16)12(2)3/h6-9,12-13H,5,11H2,1-4H3. The number of hydrogen-bond donors (Lipinski definition) is 0. The quantitative estimate of drug-likeness (QED) is 0.772. The minimum atomic E-state index is 0.0570. The van der Waals surface area contributed by atoms with Crippen LogP contribution in [0.15, 0.2) is 24.3 Å². The summed E-state index contributed by atoms with van der Waals surface area (Å²) < 4.78 is 5.41. The van der Waals surface area contributed by atoms with Crippen molar-refractivity contribution in [2.75, 3.05) is 25.1 Å². The first kappa shape index (κ1) is 14.4. The Kier molecular flexibility index (Phi) is 5.51. The topological polar surface area (TPSA) is 36.3 Å². The maximum atomic E-state index is 9.11. The van der Waals surface area contributed by atoms with Crippen molar-refractivity contribution in [3.63, 3.8) is 0 Å². The minimum absolute atomic E-state index is 0.0570. The molecule has 3 nitrogen and oxygen atoms in total. The van der Waals surface area contributed by atoms with Gasteiger partial charge in [0.2, 0.25) is 0 Å². The lowest BCUT2D eigenvalue weighted by Crippen LogP contribution is -2.27. The monoisotopic (exact) mass is 246 g/mol. The largest absolute Gasteiger partial charge is 0.494 e. The Morgan fingerprint density at radius 3 is 2.33 bits per heavy atom. The molecule has 18 heavy (non-hydrogen) atoms. The van der Waals surface area contributed by atoms with Crippen molar-refractivity contribution in [3.05, 3.63) is 24.3 Å². The van der Waals surface area contributed by atoms with Gasteiger partial charge < -0.3 is 9.64 Å². The van der Waals surface area contributed by atoms with Crippen molar-refractivity contribution in [3.8, 4) is 11.8 Å². The van der Waals surface area contributed by atoms with Gasteiger partial charge in [-0.25, -0.2) is 0 Å². The molecule has 0 aromatic heterocycles. The van der Waals surface area contributed by atoms with E-state index in [1.807, 2.05) is 38.2 Å². The number of benzene rings is 1. The van der Waals surface area contributed by atoms with Crippen LogP contribution in [0.25, 0.3) is 0 Å². The van der Waals surface area contributed by atoms with Crippen LogP contribution in [-0.4, -0.2) is 20.2 Å². The zero-order chi connectivity index (χ0) is 13.5. The second-order valence-corrected chi connectivity index (χ2v) is 4.79. The van der Waals surface area contributed by atoms with Gasteiger partial charge in [-0.05, 0) is 37.1 Å². The molecule has 0 aliphatic heterocycles. The third-order valence-electron chi connectivity index (χ3n) is 3.03. The third-order valence-corrected chi connectivity index (χ3v) is 3.03. The molecule has 1 aromatic rings. The molecule has 1 atom stereocenters. The van der Waals surface area contributed by atoms with Crippen LogP contribution in [0.2, 0.25) is 0 Å². The molecule has 0 saturated heterocycles. The zero-order valence-corrected chi connectivity index (χ0v) is 11.7. The van der Waals surface area contributed by atoms with E-state index in [-0.39, 0.29) is 5.92 Å². The highest BCUT2D eigenvalue weighted by atomic mass is 16.5. The van der Waals surface area contributed by atoms with Gasteiger partial charge in [0.1, 0.15) is 5.75 Å². The van der Waals surface area contributed by atoms with E-state index in [1.54, 1.807) is 0 Å². The molecule has 0 saturated carbocycles. The van der Waals surface area contributed by atoms with Crippen molar-refractivity contribution in [2.24, 2.45) is 11.8 Å². The lowest BCUT2D eigenvalue weighted by atomic mass is 9.97. The van der Waals surface area contributed by atoms with Crippen LogP contribution < -0.4 is 9.64 Å². The maximum absolute atomic E-state index is 9.11. The van der Waals surface area contributed by atoms with E-state index in [1.165, 1.54) is 0 Å². The predicted octanol–water partition coefficient (Wildman–Crippen LogP) is 3.32. The molecule has 0 radical (unpaired) electrons. The lowest BCUT2D eigenvalue weighted by Gasteiger charge is -2.24. The Labute approximate surface area is 110 Å². The lowest BCUT2D eigenvalue weighted by molar-refractivity contribution is 0.340. The molecule has 1 aromatic carbocycles. The second kappa shape index (κ2) is 6.90. The van der Waals surface area contributed by atoms with Gasteiger partial charge in [-0.1, -0.05) is 13.8 Å². The van der Waals surface area contributed by atoms with Gasteiger partial charge in [0, 0.05) is 19.3 Å². The van der Waals surface area contributed by atoms with Crippen LogP contribution in [0.4, 0.5) is 5.69 Å². The van der Waals surface area contributed by atoms with Crippen molar-refractivity contribution in [1.29, 1.82) is 5.26 Å². The Balaban J connectivity index is 2.66. The summed E-state index contributed by atoms with van der Waals surface area (Å²) in [7, 11) is 2.02. The van der Waals surface area contributed by atoms with Gasteiger partial charge in [0.05, 0.1) is 18.6 Å². The molecule has 1 rings (SSSR count). The van der Waals surface area contributed by atoms with E-state index < -0.39 is 0 Å². The number of anilines is 1. The average Bonchev–Trinajstić information content (AvgIpc) is 2.36. The van der Waals surface area contributed by atoms with Crippen molar-refractivity contribution < 1.29 is 4.74 Å². The highest BCUT2D eigenvalue weighted by molar-refractivity contribution is 5.48. The van der Waals surface area contributed by atoms with Gasteiger partial charge >= 0.3 is 0 Å². The summed E-state index contributed by atoms with van der Waals surface area (Å²) in [6, 6.07) is 10.4. The number of hydrogen-bond acceptors (Lipinski definition) is 3. The second-order valence-electron chi connectivity index (χ2n) is 4.79. The number of rotatable bonds is 6. The Morgan fingerprint density at radius 1 is 1.28 bits per heavy atom. The maximum Gasteiger partial charge on any atom is 0.119 e. The van der Waals surface area contributed by atoms with Crippen LogP contribution in [-0.2, 0) is 0 Å².